The normalized spacial score (nSPS) is 17.6. The van der Waals surface area contributed by atoms with Crippen LogP contribution in [0, 0.1) is 0 Å². The average molecular weight is 290 g/mol. The van der Waals surface area contributed by atoms with Gasteiger partial charge >= 0.3 is 12.1 Å². The van der Waals surface area contributed by atoms with Gasteiger partial charge in [0.25, 0.3) is 0 Å². The molecule has 0 aromatic carbocycles. The van der Waals surface area contributed by atoms with Crippen molar-refractivity contribution in [2.75, 3.05) is 61.9 Å². The molecule has 0 aromatic heterocycles. The number of carbonyl (C=O) groups is 2. The molecule has 116 valence electrons. The molecule has 9 nitrogen and oxygen atoms in total. The predicted octanol–water partition coefficient (Wildman–Crippen LogP) is -0.195. The zero-order valence-electron chi connectivity index (χ0n) is 12.4. The quantitative estimate of drug-likeness (QED) is 0.677. The van der Waals surface area contributed by atoms with Gasteiger partial charge in [0.1, 0.15) is 33.5 Å². The summed E-state index contributed by atoms with van der Waals surface area (Å²) < 4.78 is 15.0. The maximum atomic E-state index is 12.4. The van der Waals surface area contributed by atoms with Crippen LogP contribution in [-0.4, -0.2) is 93.6 Å². The summed E-state index contributed by atoms with van der Waals surface area (Å²) in [6.07, 6.45) is 0. The molecule has 0 aromatic rings. The smallest absolute Gasteiger partial charge is 0.326 e. The van der Waals surface area contributed by atoms with Gasteiger partial charge in [0.05, 0.1) is 0 Å². The molecule has 0 spiro atoms. The van der Waals surface area contributed by atoms with Crippen LogP contribution >= 0.6 is 0 Å². The number of methoxy groups -OCH3 is 3. The van der Waals surface area contributed by atoms with Crippen molar-refractivity contribution in [2.24, 2.45) is 0 Å². The molecular weight excluding hydrogens is 268 g/mol. The summed E-state index contributed by atoms with van der Waals surface area (Å²) in [6, 6.07) is -0.504. The van der Waals surface area contributed by atoms with E-state index in [9.17, 15) is 9.59 Å². The van der Waals surface area contributed by atoms with Crippen LogP contribution in [0.2, 0.25) is 0 Å². The van der Waals surface area contributed by atoms with Crippen LogP contribution in [-0.2, 0) is 14.2 Å². The molecule has 1 saturated heterocycles. The van der Waals surface area contributed by atoms with E-state index in [1.54, 1.807) is 7.05 Å². The van der Waals surface area contributed by atoms with Crippen LogP contribution < -0.4 is 0 Å². The van der Waals surface area contributed by atoms with Crippen LogP contribution in [0.5, 0.6) is 0 Å². The molecule has 0 bridgehead atoms. The maximum absolute atomic E-state index is 12.4. The van der Waals surface area contributed by atoms with Crippen molar-refractivity contribution in [3.63, 3.8) is 0 Å². The third kappa shape index (κ3) is 3.95. The lowest BCUT2D eigenvalue weighted by atomic mass is 10.5. The zero-order valence-corrected chi connectivity index (χ0v) is 12.4. The van der Waals surface area contributed by atoms with E-state index in [1.807, 2.05) is 0 Å². The van der Waals surface area contributed by atoms with E-state index in [0.29, 0.717) is 0 Å². The Morgan fingerprint density at radius 3 is 1.65 bits per heavy atom. The molecular formula is C11H22N4O5. The second-order valence-electron chi connectivity index (χ2n) is 4.42. The number of amides is 4. The first-order valence-electron chi connectivity index (χ1n) is 6.05. The number of rotatable bonds is 6. The van der Waals surface area contributed by atoms with E-state index in [2.05, 4.69) is 0 Å². The van der Waals surface area contributed by atoms with Crippen LogP contribution in [0.4, 0.5) is 9.59 Å². The number of ether oxygens (including phenoxy) is 3. The molecule has 1 aliphatic heterocycles. The van der Waals surface area contributed by atoms with E-state index < -0.39 is 0 Å². The van der Waals surface area contributed by atoms with Gasteiger partial charge in [0, 0.05) is 28.4 Å². The van der Waals surface area contributed by atoms with Crippen molar-refractivity contribution >= 4 is 12.1 Å². The topological polar surface area (TPSA) is 74.8 Å². The number of hydrogen-bond acceptors (Lipinski definition) is 5. The Labute approximate surface area is 118 Å². The number of nitrogens with zero attached hydrogens (tertiary/aromatic N) is 4. The van der Waals surface area contributed by atoms with Gasteiger partial charge < -0.3 is 19.1 Å². The summed E-state index contributed by atoms with van der Waals surface area (Å²) in [4.78, 5) is 30.3. The van der Waals surface area contributed by atoms with Gasteiger partial charge in [-0.25, -0.2) is 9.59 Å². The number of carbonyl (C=O) groups excluding carboxylic acids is 2. The van der Waals surface area contributed by atoms with Crippen molar-refractivity contribution in [2.45, 2.75) is 0 Å². The van der Waals surface area contributed by atoms with Crippen molar-refractivity contribution in [1.29, 1.82) is 0 Å². The highest BCUT2D eigenvalue weighted by molar-refractivity contribution is 5.79. The van der Waals surface area contributed by atoms with Gasteiger partial charge in [0.15, 0.2) is 0 Å². The molecule has 1 fully saturated rings. The van der Waals surface area contributed by atoms with E-state index in [4.69, 9.17) is 14.2 Å². The van der Waals surface area contributed by atoms with Gasteiger partial charge in [-0.05, 0) is 0 Å². The monoisotopic (exact) mass is 290 g/mol. The summed E-state index contributed by atoms with van der Waals surface area (Å²) in [5.74, 6) is 0. The van der Waals surface area contributed by atoms with Gasteiger partial charge in [-0.3, -0.25) is 14.7 Å². The zero-order chi connectivity index (χ0) is 15.1. The first-order valence-corrected chi connectivity index (χ1v) is 6.05. The molecule has 0 saturated carbocycles. The average Bonchev–Trinajstić information content (AvgIpc) is 2.43. The predicted molar refractivity (Wildman–Crippen MR) is 69.4 cm³/mol. The summed E-state index contributed by atoms with van der Waals surface area (Å²) in [6.45, 7) is 0.494. The summed E-state index contributed by atoms with van der Waals surface area (Å²) in [7, 11) is 6.09. The summed E-state index contributed by atoms with van der Waals surface area (Å²) in [5.41, 5.74) is 0. The third-order valence-corrected chi connectivity index (χ3v) is 2.72. The molecule has 0 aliphatic carbocycles. The lowest BCUT2D eigenvalue weighted by Crippen LogP contribution is -2.59. The van der Waals surface area contributed by atoms with Gasteiger partial charge in [-0.2, -0.15) is 0 Å². The van der Waals surface area contributed by atoms with E-state index in [-0.39, 0.29) is 45.6 Å². The summed E-state index contributed by atoms with van der Waals surface area (Å²) >= 11 is 0. The molecule has 0 radical (unpaired) electrons. The molecule has 9 heteroatoms. The minimum absolute atomic E-state index is 0.0796. The molecule has 1 heterocycles. The fourth-order valence-corrected chi connectivity index (χ4v) is 1.90. The SMILES string of the molecule is COCN1CN(COC)C(=O)N(COC)CN(C)C1=O. The Balaban J connectivity index is 2.93. The molecule has 0 atom stereocenters. The highest BCUT2D eigenvalue weighted by atomic mass is 16.5. The van der Waals surface area contributed by atoms with E-state index in [0.717, 1.165) is 0 Å². The Kier molecular flexibility index (Phi) is 6.49. The fourth-order valence-electron chi connectivity index (χ4n) is 1.90. The first kappa shape index (κ1) is 16.5. The third-order valence-electron chi connectivity index (χ3n) is 2.72. The van der Waals surface area contributed by atoms with Crippen LogP contribution in [0.3, 0.4) is 0 Å². The molecule has 1 aliphatic rings. The Bertz CT molecular complexity index is 337. The minimum Gasteiger partial charge on any atom is -0.364 e. The largest absolute Gasteiger partial charge is 0.364 e. The number of hydrogen-bond donors (Lipinski definition) is 0. The minimum atomic E-state index is -0.269. The second-order valence-corrected chi connectivity index (χ2v) is 4.42. The fraction of sp³-hybridized carbons (Fsp3) is 0.818. The van der Waals surface area contributed by atoms with Gasteiger partial charge in [-0.1, -0.05) is 0 Å². The highest BCUT2D eigenvalue weighted by Gasteiger charge is 2.31. The number of urea groups is 2. The van der Waals surface area contributed by atoms with Gasteiger partial charge in [-0.15, -0.1) is 0 Å². The Morgan fingerprint density at radius 1 is 0.800 bits per heavy atom. The van der Waals surface area contributed by atoms with Crippen molar-refractivity contribution in [3.8, 4) is 0 Å². The molecule has 20 heavy (non-hydrogen) atoms. The van der Waals surface area contributed by atoms with E-state index >= 15 is 0 Å². The lowest BCUT2D eigenvalue weighted by molar-refractivity contribution is -0.0270. The Hall–Kier alpha value is -1.58. The van der Waals surface area contributed by atoms with Crippen molar-refractivity contribution in [1.82, 2.24) is 19.6 Å². The maximum Gasteiger partial charge on any atom is 0.326 e. The molecule has 1 rings (SSSR count). The van der Waals surface area contributed by atoms with Crippen molar-refractivity contribution in [3.05, 3.63) is 0 Å². The van der Waals surface area contributed by atoms with Crippen LogP contribution in [0.1, 0.15) is 0 Å². The standard InChI is InChI=1S/C11H22N4O5/c1-12-5-13(7-18-2)11(17)15(9-20-4)6-14(8-19-3)10(12)16/h5-9H2,1-4H3. The van der Waals surface area contributed by atoms with Crippen LogP contribution in [0.15, 0.2) is 0 Å². The Morgan fingerprint density at radius 2 is 1.20 bits per heavy atom. The summed E-state index contributed by atoms with van der Waals surface area (Å²) in [5, 5.41) is 0. The van der Waals surface area contributed by atoms with Crippen molar-refractivity contribution < 1.29 is 23.8 Å². The van der Waals surface area contributed by atoms with E-state index in [1.165, 1.54) is 40.9 Å². The second kappa shape index (κ2) is 7.88. The molecule has 0 N–H and O–H groups in total. The first-order chi connectivity index (χ1) is 9.54. The lowest BCUT2D eigenvalue weighted by Gasteiger charge is -2.39. The van der Waals surface area contributed by atoms with Crippen LogP contribution in [0.25, 0.3) is 0 Å². The molecule has 4 amide bonds. The molecule has 0 unspecified atom stereocenters. The van der Waals surface area contributed by atoms with Gasteiger partial charge in [0.2, 0.25) is 0 Å². The highest BCUT2D eigenvalue weighted by Crippen LogP contribution is 2.10.